The zero-order valence-electron chi connectivity index (χ0n) is 4.51. The number of hydrogen-bond acceptors (Lipinski definition) is 1. The Hall–Kier alpha value is -0.160. The first kappa shape index (κ1) is 6.84. The molecule has 1 radical (unpaired) electrons. The van der Waals surface area contributed by atoms with Crippen molar-refractivity contribution in [2.45, 2.75) is 19.1 Å². The van der Waals surface area contributed by atoms with Gasteiger partial charge in [-0.3, -0.25) is 0 Å². The second-order valence-corrected chi connectivity index (χ2v) is 2.30. The first-order chi connectivity index (χ1) is 3.18. The molecule has 0 amide bonds. The lowest BCUT2D eigenvalue weighted by Crippen LogP contribution is -2.02. The molecule has 0 aromatic carbocycles. The molecule has 0 rings (SSSR count). The molecule has 0 aromatic rings. The van der Waals surface area contributed by atoms with Gasteiger partial charge in [0.25, 0.3) is 0 Å². The van der Waals surface area contributed by atoms with Gasteiger partial charge in [0, 0.05) is 0 Å². The maximum atomic E-state index is 8.15. The van der Waals surface area contributed by atoms with Crippen LogP contribution in [0.25, 0.3) is 0 Å². The van der Waals surface area contributed by atoms with Crippen molar-refractivity contribution < 1.29 is 0 Å². The Morgan fingerprint density at radius 2 is 2.00 bits per heavy atom. The quantitative estimate of drug-likeness (QED) is 0.509. The topological polar surface area (TPSA) is 23.8 Å². The lowest BCUT2D eigenvalue weighted by atomic mass is 10.1. The second kappa shape index (κ2) is 2.92. The molecule has 1 unspecified atom stereocenters. The van der Waals surface area contributed by atoms with Crippen molar-refractivity contribution in [1.82, 2.24) is 0 Å². The van der Waals surface area contributed by atoms with Gasteiger partial charge in [0.1, 0.15) is 5.25 Å². The van der Waals surface area contributed by atoms with Gasteiger partial charge in [0.05, 0.1) is 6.07 Å². The highest BCUT2D eigenvalue weighted by Gasteiger charge is 2.04. The summed E-state index contributed by atoms with van der Waals surface area (Å²) in [7, 11) is 0. The molecule has 2 heteroatoms. The van der Waals surface area contributed by atoms with Gasteiger partial charge in [-0.1, -0.05) is 26.5 Å². The van der Waals surface area contributed by atoms with E-state index >= 15 is 0 Å². The molecule has 1 nitrogen and oxygen atoms in total. The van der Waals surface area contributed by atoms with Crippen molar-refractivity contribution in [3.05, 3.63) is 0 Å². The average molecular weight is 114 g/mol. The first-order valence-electron chi connectivity index (χ1n) is 2.24. The lowest BCUT2D eigenvalue weighted by molar-refractivity contribution is 0.688. The summed E-state index contributed by atoms with van der Waals surface area (Å²) in [4.78, 5) is 0. The fourth-order valence-electron chi connectivity index (χ4n) is 0.149. The van der Waals surface area contributed by atoms with Crippen LogP contribution in [0.1, 0.15) is 13.8 Å². The lowest BCUT2D eigenvalue weighted by Gasteiger charge is -2.00. The minimum absolute atomic E-state index is 0.208. The maximum Gasteiger partial charge on any atom is 0.104 e. The van der Waals surface area contributed by atoms with Gasteiger partial charge in [-0.15, -0.1) is 0 Å². The van der Waals surface area contributed by atoms with Crippen LogP contribution in [0, 0.1) is 17.2 Å². The molecule has 1 atom stereocenters. The highest BCUT2D eigenvalue weighted by molar-refractivity contribution is 7.81. The molecule has 0 N–H and O–H groups in total. The summed E-state index contributed by atoms with van der Waals surface area (Å²) in [5.74, 6) is 0.319. The molecule has 0 aromatic heterocycles. The molecule has 7 heavy (non-hydrogen) atoms. The molecule has 0 saturated carbocycles. The molecule has 0 spiro atoms. The van der Waals surface area contributed by atoms with E-state index < -0.39 is 0 Å². The van der Waals surface area contributed by atoms with Crippen LogP contribution in [0.15, 0.2) is 0 Å². The van der Waals surface area contributed by atoms with Gasteiger partial charge in [0.2, 0.25) is 0 Å². The second-order valence-electron chi connectivity index (χ2n) is 1.79. The van der Waals surface area contributed by atoms with Crippen LogP contribution in [0.3, 0.4) is 0 Å². The van der Waals surface area contributed by atoms with Crippen molar-refractivity contribution >= 4 is 12.6 Å². The highest BCUT2D eigenvalue weighted by Crippen LogP contribution is 2.05. The number of nitrogens with zero attached hydrogens (tertiary/aromatic N) is 1. The summed E-state index contributed by atoms with van der Waals surface area (Å²) in [6.45, 7) is 3.89. The molecule has 0 fully saturated rings. The van der Waals surface area contributed by atoms with E-state index in [0.29, 0.717) is 5.92 Å². The monoisotopic (exact) mass is 114 g/mol. The third-order valence-electron chi connectivity index (χ3n) is 0.733. The van der Waals surface area contributed by atoms with E-state index in [0.717, 1.165) is 0 Å². The van der Waals surface area contributed by atoms with Gasteiger partial charge in [-0.2, -0.15) is 5.26 Å². The summed E-state index contributed by atoms with van der Waals surface area (Å²) < 4.78 is 0. The molecule has 39 valence electrons. The minimum Gasteiger partial charge on any atom is -0.197 e. The summed E-state index contributed by atoms with van der Waals surface area (Å²) in [5.41, 5.74) is 0. The third-order valence-corrected chi connectivity index (χ3v) is 1.38. The summed E-state index contributed by atoms with van der Waals surface area (Å²) in [5, 5.41) is 7.94. The Balaban J connectivity index is 3.40. The van der Waals surface area contributed by atoms with Crippen LogP contribution < -0.4 is 0 Å². The van der Waals surface area contributed by atoms with Crippen LogP contribution in [0.5, 0.6) is 0 Å². The Kier molecular flexibility index (Phi) is 2.86. The van der Waals surface area contributed by atoms with E-state index in [-0.39, 0.29) is 5.25 Å². The number of nitriles is 1. The molecule has 0 aliphatic heterocycles. The van der Waals surface area contributed by atoms with E-state index in [1.807, 2.05) is 19.9 Å². The van der Waals surface area contributed by atoms with Crippen LogP contribution in [-0.4, -0.2) is 5.25 Å². The predicted molar refractivity (Wildman–Crippen MR) is 31.8 cm³/mol. The molecule has 0 aliphatic rings. The normalized spacial score (nSPS) is 13.6. The van der Waals surface area contributed by atoms with Gasteiger partial charge in [-0.05, 0) is 5.92 Å². The fourth-order valence-corrected chi connectivity index (χ4v) is 0.149. The van der Waals surface area contributed by atoms with Crippen molar-refractivity contribution in [3.63, 3.8) is 0 Å². The highest BCUT2D eigenvalue weighted by atomic mass is 32.1. The van der Waals surface area contributed by atoms with Crippen molar-refractivity contribution in [3.8, 4) is 6.07 Å². The smallest absolute Gasteiger partial charge is 0.104 e. The Morgan fingerprint density at radius 1 is 1.57 bits per heavy atom. The van der Waals surface area contributed by atoms with Crippen molar-refractivity contribution in [2.75, 3.05) is 0 Å². The maximum absolute atomic E-state index is 8.15. The SMILES string of the molecule is CC(C)C([S])C#N. The fraction of sp³-hybridized carbons (Fsp3) is 0.800. The summed E-state index contributed by atoms with van der Waals surface area (Å²) in [6, 6.07) is 1.98. The van der Waals surface area contributed by atoms with E-state index in [4.69, 9.17) is 17.9 Å². The molecular weight excluding hydrogens is 106 g/mol. The van der Waals surface area contributed by atoms with Gasteiger partial charge < -0.3 is 0 Å². The Morgan fingerprint density at radius 3 is 2.00 bits per heavy atom. The molecule has 0 saturated heterocycles. The van der Waals surface area contributed by atoms with Crippen LogP contribution in [0.4, 0.5) is 0 Å². The molecular formula is C5H8NS. The molecule has 0 heterocycles. The van der Waals surface area contributed by atoms with Gasteiger partial charge >= 0.3 is 0 Å². The van der Waals surface area contributed by atoms with Crippen LogP contribution >= 0.6 is 12.6 Å². The van der Waals surface area contributed by atoms with E-state index in [1.54, 1.807) is 0 Å². The summed E-state index contributed by atoms with van der Waals surface area (Å²) >= 11 is 4.70. The zero-order valence-corrected chi connectivity index (χ0v) is 5.33. The first-order valence-corrected chi connectivity index (χ1v) is 2.71. The van der Waals surface area contributed by atoms with Crippen molar-refractivity contribution in [1.29, 1.82) is 5.26 Å². The zero-order chi connectivity index (χ0) is 5.86. The van der Waals surface area contributed by atoms with E-state index in [2.05, 4.69) is 0 Å². The van der Waals surface area contributed by atoms with Crippen LogP contribution in [0.2, 0.25) is 0 Å². The van der Waals surface area contributed by atoms with Gasteiger partial charge in [0.15, 0.2) is 0 Å². The van der Waals surface area contributed by atoms with E-state index in [1.165, 1.54) is 0 Å². The van der Waals surface area contributed by atoms with E-state index in [9.17, 15) is 0 Å². The molecule has 0 aliphatic carbocycles. The average Bonchev–Trinajstić information content (AvgIpc) is 1.65. The standard InChI is InChI=1S/C5H8NS/c1-4(2)5(7)3-6/h4-5H,1-2H3. The predicted octanol–water partition coefficient (Wildman–Crippen LogP) is 1.73. The Bertz CT molecular complexity index is 82.6. The number of rotatable bonds is 1. The largest absolute Gasteiger partial charge is 0.197 e. The summed E-state index contributed by atoms with van der Waals surface area (Å²) in [6.07, 6.45) is 0. The van der Waals surface area contributed by atoms with Crippen LogP contribution in [-0.2, 0) is 0 Å². The van der Waals surface area contributed by atoms with Crippen molar-refractivity contribution in [2.24, 2.45) is 5.92 Å². The number of hydrogen-bond donors (Lipinski definition) is 0. The Labute approximate surface area is 49.7 Å². The molecule has 0 bridgehead atoms. The van der Waals surface area contributed by atoms with Gasteiger partial charge in [-0.25, -0.2) is 0 Å². The minimum atomic E-state index is -0.208. The third kappa shape index (κ3) is 2.52.